The summed E-state index contributed by atoms with van der Waals surface area (Å²) < 4.78 is 0. The van der Waals surface area contributed by atoms with E-state index in [4.69, 9.17) is 0 Å². The molecule has 1 aromatic carbocycles. The summed E-state index contributed by atoms with van der Waals surface area (Å²) >= 11 is 0. The zero-order valence-corrected chi connectivity index (χ0v) is 8.59. The Hall–Kier alpha value is -1.04. The van der Waals surface area contributed by atoms with Crippen molar-refractivity contribution >= 4 is 0 Å². The van der Waals surface area contributed by atoms with Gasteiger partial charge in [0.1, 0.15) is 0 Å². The van der Waals surface area contributed by atoms with Crippen molar-refractivity contribution in [3.63, 3.8) is 0 Å². The molecule has 0 aliphatic carbocycles. The monoisotopic (exact) mass is 174 g/mol. The topological polar surface area (TPSA) is 0 Å². The van der Waals surface area contributed by atoms with Gasteiger partial charge in [0.15, 0.2) is 0 Å². The zero-order chi connectivity index (χ0) is 9.68. The number of benzene rings is 1. The van der Waals surface area contributed by atoms with E-state index in [0.29, 0.717) is 5.92 Å². The van der Waals surface area contributed by atoms with Crippen LogP contribution in [-0.4, -0.2) is 0 Å². The van der Waals surface area contributed by atoms with E-state index in [0.717, 1.165) is 6.42 Å². The van der Waals surface area contributed by atoms with Crippen molar-refractivity contribution in [2.24, 2.45) is 0 Å². The van der Waals surface area contributed by atoms with Gasteiger partial charge in [-0.1, -0.05) is 42.8 Å². The van der Waals surface area contributed by atoms with Crippen LogP contribution in [0.15, 0.2) is 36.9 Å². The van der Waals surface area contributed by atoms with Gasteiger partial charge in [0.05, 0.1) is 0 Å². The Labute approximate surface area is 81.3 Å². The van der Waals surface area contributed by atoms with Gasteiger partial charge in [0.25, 0.3) is 0 Å². The molecule has 1 aromatic rings. The fraction of sp³-hybridized carbons (Fsp3) is 0.385. The lowest BCUT2D eigenvalue weighted by Crippen LogP contribution is -1.95. The molecule has 70 valence electrons. The quantitative estimate of drug-likeness (QED) is 0.604. The van der Waals surface area contributed by atoms with Crippen molar-refractivity contribution in [3.05, 3.63) is 48.0 Å². The van der Waals surface area contributed by atoms with Crippen LogP contribution in [0.25, 0.3) is 0 Å². The van der Waals surface area contributed by atoms with E-state index < -0.39 is 0 Å². The maximum absolute atomic E-state index is 3.79. The molecular formula is C13H18. The second kappa shape index (κ2) is 4.86. The summed E-state index contributed by atoms with van der Waals surface area (Å²) in [7, 11) is 0. The Morgan fingerprint density at radius 2 is 1.92 bits per heavy atom. The van der Waals surface area contributed by atoms with E-state index in [1.165, 1.54) is 17.5 Å². The molecule has 0 saturated carbocycles. The number of aryl methyl sites for hydroxylation is 1. The van der Waals surface area contributed by atoms with Gasteiger partial charge in [0.2, 0.25) is 0 Å². The third kappa shape index (κ3) is 2.73. The van der Waals surface area contributed by atoms with Crippen LogP contribution in [0.4, 0.5) is 0 Å². The fourth-order valence-corrected chi connectivity index (χ4v) is 1.58. The molecule has 1 atom stereocenters. The first kappa shape index (κ1) is 10.0. The molecule has 0 heterocycles. The molecule has 0 heteroatoms. The number of rotatable bonds is 4. The normalized spacial score (nSPS) is 12.5. The lowest BCUT2D eigenvalue weighted by Gasteiger charge is -2.12. The average Bonchev–Trinajstić information content (AvgIpc) is 2.16. The van der Waals surface area contributed by atoms with Gasteiger partial charge >= 0.3 is 0 Å². The minimum atomic E-state index is 0.651. The van der Waals surface area contributed by atoms with E-state index >= 15 is 0 Å². The van der Waals surface area contributed by atoms with E-state index in [2.05, 4.69) is 44.7 Å². The van der Waals surface area contributed by atoms with E-state index in [9.17, 15) is 0 Å². The molecule has 0 nitrogen and oxygen atoms in total. The maximum Gasteiger partial charge on any atom is -0.0130 e. The first-order valence-electron chi connectivity index (χ1n) is 4.95. The number of allylic oxidation sites excluding steroid dienone is 1. The van der Waals surface area contributed by atoms with Crippen LogP contribution in [0.1, 0.15) is 36.8 Å². The van der Waals surface area contributed by atoms with Crippen molar-refractivity contribution in [3.8, 4) is 0 Å². The van der Waals surface area contributed by atoms with E-state index in [-0.39, 0.29) is 0 Å². The second-order valence-corrected chi connectivity index (χ2v) is 3.54. The maximum atomic E-state index is 3.79. The van der Waals surface area contributed by atoms with Crippen LogP contribution >= 0.6 is 0 Å². The Morgan fingerprint density at radius 3 is 2.38 bits per heavy atom. The summed E-state index contributed by atoms with van der Waals surface area (Å²) in [6.45, 7) is 8.14. The number of hydrogen-bond acceptors (Lipinski definition) is 0. The molecule has 0 N–H and O–H groups in total. The van der Waals surface area contributed by atoms with Gasteiger partial charge in [-0.05, 0) is 31.2 Å². The zero-order valence-electron chi connectivity index (χ0n) is 8.59. The van der Waals surface area contributed by atoms with Crippen LogP contribution in [0, 0.1) is 6.92 Å². The molecule has 1 rings (SSSR count). The summed E-state index contributed by atoms with van der Waals surface area (Å²) in [5.74, 6) is 0.651. The molecule has 0 radical (unpaired) electrons. The Kier molecular flexibility index (Phi) is 3.75. The van der Waals surface area contributed by atoms with Gasteiger partial charge in [-0.25, -0.2) is 0 Å². The van der Waals surface area contributed by atoms with Crippen molar-refractivity contribution in [1.82, 2.24) is 0 Å². The molecule has 0 spiro atoms. The van der Waals surface area contributed by atoms with E-state index in [1.807, 2.05) is 6.08 Å². The lowest BCUT2D eigenvalue weighted by molar-refractivity contribution is 0.675. The third-order valence-corrected chi connectivity index (χ3v) is 2.49. The van der Waals surface area contributed by atoms with Crippen molar-refractivity contribution in [1.29, 1.82) is 0 Å². The summed E-state index contributed by atoms with van der Waals surface area (Å²) in [5, 5.41) is 0. The van der Waals surface area contributed by atoms with Crippen molar-refractivity contribution in [2.45, 2.75) is 32.6 Å². The lowest BCUT2D eigenvalue weighted by atomic mass is 9.93. The van der Waals surface area contributed by atoms with Gasteiger partial charge in [-0.15, -0.1) is 6.58 Å². The number of hydrogen-bond donors (Lipinski definition) is 0. The Bertz CT molecular complexity index is 256. The molecule has 0 saturated heterocycles. The predicted octanol–water partition coefficient (Wildman–Crippen LogP) is 4.06. The highest BCUT2D eigenvalue weighted by Gasteiger charge is 2.05. The van der Waals surface area contributed by atoms with E-state index in [1.54, 1.807) is 0 Å². The summed E-state index contributed by atoms with van der Waals surface area (Å²) in [5.41, 5.74) is 2.77. The highest BCUT2D eigenvalue weighted by Crippen LogP contribution is 2.23. The van der Waals surface area contributed by atoms with Gasteiger partial charge in [-0.2, -0.15) is 0 Å². The van der Waals surface area contributed by atoms with Crippen LogP contribution in [0.5, 0.6) is 0 Å². The molecule has 0 aliphatic heterocycles. The molecule has 0 amide bonds. The summed E-state index contributed by atoms with van der Waals surface area (Å²) in [6.07, 6.45) is 4.28. The smallest absolute Gasteiger partial charge is 0.0130 e. The van der Waals surface area contributed by atoms with Crippen LogP contribution in [0.3, 0.4) is 0 Å². The van der Waals surface area contributed by atoms with Gasteiger partial charge < -0.3 is 0 Å². The summed E-state index contributed by atoms with van der Waals surface area (Å²) in [6, 6.07) is 8.82. The molecule has 0 bridgehead atoms. The molecule has 0 aromatic heterocycles. The third-order valence-electron chi connectivity index (χ3n) is 2.49. The predicted molar refractivity (Wildman–Crippen MR) is 59.0 cm³/mol. The molecule has 0 aliphatic rings. The van der Waals surface area contributed by atoms with Gasteiger partial charge in [-0.3, -0.25) is 0 Å². The standard InChI is InChI=1S/C13H18/c1-4-6-12(5-2)13-9-7-11(3)8-10-13/h4,7-10,12H,1,5-6H2,2-3H3. The van der Waals surface area contributed by atoms with Crippen LogP contribution in [0.2, 0.25) is 0 Å². The van der Waals surface area contributed by atoms with Crippen molar-refractivity contribution < 1.29 is 0 Å². The highest BCUT2D eigenvalue weighted by molar-refractivity contribution is 5.24. The summed E-state index contributed by atoms with van der Waals surface area (Å²) in [4.78, 5) is 0. The average molecular weight is 174 g/mol. The van der Waals surface area contributed by atoms with Crippen LogP contribution < -0.4 is 0 Å². The first-order chi connectivity index (χ1) is 6.27. The first-order valence-corrected chi connectivity index (χ1v) is 4.95. The van der Waals surface area contributed by atoms with Gasteiger partial charge in [0, 0.05) is 0 Å². The minimum Gasteiger partial charge on any atom is -0.103 e. The molecule has 13 heavy (non-hydrogen) atoms. The SMILES string of the molecule is C=CCC(CC)c1ccc(C)cc1. The largest absolute Gasteiger partial charge is 0.103 e. The molecular weight excluding hydrogens is 156 g/mol. The Balaban J connectivity index is 2.78. The molecule has 0 fully saturated rings. The fourth-order valence-electron chi connectivity index (χ4n) is 1.58. The highest BCUT2D eigenvalue weighted by atomic mass is 14.1. The minimum absolute atomic E-state index is 0.651. The second-order valence-electron chi connectivity index (χ2n) is 3.54. The molecule has 1 unspecified atom stereocenters. The van der Waals surface area contributed by atoms with Crippen LogP contribution in [-0.2, 0) is 0 Å². The van der Waals surface area contributed by atoms with Crippen molar-refractivity contribution in [2.75, 3.05) is 0 Å². The Morgan fingerprint density at radius 1 is 1.31 bits per heavy atom.